The largest absolute Gasteiger partial charge is 0.497 e. The Hall–Kier alpha value is -1.30. The Bertz CT molecular complexity index is 384. The first-order valence-corrected chi connectivity index (χ1v) is 6.73. The Morgan fingerprint density at radius 3 is 2.65 bits per heavy atom. The summed E-state index contributed by atoms with van der Waals surface area (Å²) < 4.78 is 21.2. The summed E-state index contributed by atoms with van der Waals surface area (Å²) in [6.07, 6.45) is 0.0615. The second-order valence-corrected chi connectivity index (χ2v) is 4.50. The van der Waals surface area contributed by atoms with Gasteiger partial charge in [-0.2, -0.15) is 0 Å². The molecule has 1 aromatic rings. The molecule has 20 heavy (non-hydrogen) atoms. The van der Waals surface area contributed by atoms with E-state index in [9.17, 15) is 0 Å². The van der Waals surface area contributed by atoms with E-state index in [1.807, 2.05) is 25.1 Å². The number of hydrogen-bond acceptors (Lipinski definition) is 5. The Morgan fingerprint density at radius 1 is 1.20 bits per heavy atom. The predicted molar refractivity (Wildman–Crippen MR) is 78.5 cm³/mol. The molecule has 0 aliphatic heterocycles. The second-order valence-electron chi connectivity index (χ2n) is 4.50. The molecular formula is C15H25NO4. The summed E-state index contributed by atoms with van der Waals surface area (Å²) in [5.41, 5.74) is 1.06. The van der Waals surface area contributed by atoms with Gasteiger partial charge in [-0.15, -0.1) is 0 Å². The Kier molecular flexibility index (Phi) is 8.02. The van der Waals surface area contributed by atoms with Crippen LogP contribution in [-0.2, 0) is 16.0 Å². The molecule has 0 aliphatic carbocycles. The lowest BCUT2D eigenvalue weighted by Crippen LogP contribution is -2.20. The summed E-state index contributed by atoms with van der Waals surface area (Å²) in [4.78, 5) is 0. The van der Waals surface area contributed by atoms with Crippen LogP contribution in [0.1, 0.15) is 12.5 Å². The highest BCUT2D eigenvalue weighted by atomic mass is 16.5. The van der Waals surface area contributed by atoms with Crippen molar-refractivity contribution in [3.05, 3.63) is 23.8 Å². The SMILES string of the molecule is COCCNCc1cc(OC)ccc1OCC(C)OC. The van der Waals surface area contributed by atoms with Gasteiger partial charge in [0.05, 0.1) is 19.8 Å². The molecule has 5 heteroatoms. The van der Waals surface area contributed by atoms with Crippen LogP contribution >= 0.6 is 0 Å². The van der Waals surface area contributed by atoms with E-state index in [-0.39, 0.29) is 6.10 Å². The Balaban J connectivity index is 2.65. The molecule has 0 heterocycles. The van der Waals surface area contributed by atoms with Crippen molar-refractivity contribution in [1.82, 2.24) is 5.32 Å². The van der Waals surface area contributed by atoms with Crippen LogP contribution in [0.25, 0.3) is 0 Å². The maximum Gasteiger partial charge on any atom is 0.124 e. The summed E-state index contributed by atoms with van der Waals surface area (Å²) in [5, 5.41) is 3.30. The standard InChI is InChI=1S/C15H25NO4/c1-12(18-3)11-20-15-6-5-14(19-4)9-13(15)10-16-7-8-17-2/h5-6,9,12,16H,7-8,10-11H2,1-4H3. The van der Waals surface area contributed by atoms with Crippen LogP contribution in [0.5, 0.6) is 11.5 Å². The van der Waals surface area contributed by atoms with Crippen LogP contribution in [0.2, 0.25) is 0 Å². The predicted octanol–water partition coefficient (Wildman–Crippen LogP) is 1.84. The first kappa shape index (κ1) is 16.8. The Labute approximate surface area is 121 Å². The average molecular weight is 283 g/mol. The molecule has 0 radical (unpaired) electrons. The summed E-state index contributed by atoms with van der Waals surface area (Å²) in [5.74, 6) is 1.67. The van der Waals surface area contributed by atoms with Crippen molar-refractivity contribution < 1.29 is 18.9 Å². The van der Waals surface area contributed by atoms with Gasteiger partial charge in [0.15, 0.2) is 0 Å². The van der Waals surface area contributed by atoms with Crippen molar-refractivity contribution in [3.63, 3.8) is 0 Å². The lowest BCUT2D eigenvalue weighted by atomic mass is 10.2. The van der Waals surface area contributed by atoms with Crippen LogP contribution in [0.3, 0.4) is 0 Å². The van der Waals surface area contributed by atoms with Crippen LogP contribution in [-0.4, -0.2) is 47.2 Å². The van der Waals surface area contributed by atoms with Gasteiger partial charge < -0.3 is 24.3 Å². The molecule has 1 atom stereocenters. The number of nitrogens with one attached hydrogen (secondary N) is 1. The fraction of sp³-hybridized carbons (Fsp3) is 0.600. The summed E-state index contributed by atoms with van der Waals surface area (Å²) in [6.45, 7) is 4.67. The minimum Gasteiger partial charge on any atom is -0.497 e. The maximum atomic E-state index is 5.79. The normalized spacial score (nSPS) is 12.2. The smallest absolute Gasteiger partial charge is 0.124 e. The molecule has 0 amide bonds. The molecule has 0 aliphatic rings. The molecule has 0 saturated heterocycles. The van der Waals surface area contributed by atoms with E-state index in [2.05, 4.69) is 5.32 Å². The van der Waals surface area contributed by atoms with Gasteiger partial charge >= 0.3 is 0 Å². The number of hydrogen-bond donors (Lipinski definition) is 1. The van der Waals surface area contributed by atoms with Crippen molar-refractivity contribution in [2.24, 2.45) is 0 Å². The second kappa shape index (κ2) is 9.58. The molecule has 0 bridgehead atoms. The van der Waals surface area contributed by atoms with Gasteiger partial charge in [-0.3, -0.25) is 0 Å². The highest BCUT2D eigenvalue weighted by molar-refractivity contribution is 5.40. The van der Waals surface area contributed by atoms with E-state index >= 15 is 0 Å². The van der Waals surface area contributed by atoms with E-state index in [0.717, 1.165) is 23.6 Å². The minimum atomic E-state index is 0.0615. The molecule has 1 unspecified atom stereocenters. The zero-order valence-corrected chi connectivity index (χ0v) is 12.8. The molecule has 0 saturated carbocycles. The summed E-state index contributed by atoms with van der Waals surface area (Å²) >= 11 is 0. The number of ether oxygens (including phenoxy) is 4. The van der Waals surface area contributed by atoms with E-state index < -0.39 is 0 Å². The fourth-order valence-electron chi connectivity index (χ4n) is 1.63. The van der Waals surface area contributed by atoms with E-state index in [0.29, 0.717) is 19.8 Å². The fourth-order valence-corrected chi connectivity index (χ4v) is 1.63. The van der Waals surface area contributed by atoms with Crippen molar-refractivity contribution in [2.45, 2.75) is 19.6 Å². The zero-order valence-electron chi connectivity index (χ0n) is 12.8. The quantitative estimate of drug-likeness (QED) is 0.664. The van der Waals surface area contributed by atoms with Gasteiger partial charge in [0, 0.05) is 32.9 Å². The van der Waals surface area contributed by atoms with Crippen molar-refractivity contribution >= 4 is 0 Å². The van der Waals surface area contributed by atoms with Crippen molar-refractivity contribution in [1.29, 1.82) is 0 Å². The Morgan fingerprint density at radius 2 is 2.00 bits per heavy atom. The van der Waals surface area contributed by atoms with Crippen molar-refractivity contribution in [2.75, 3.05) is 41.1 Å². The monoisotopic (exact) mass is 283 g/mol. The van der Waals surface area contributed by atoms with Gasteiger partial charge in [0.1, 0.15) is 18.1 Å². The number of rotatable bonds is 10. The molecule has 0 spiro atoms. The molecule has 5 nitrogen and oxygen atoms in total. The van der Waals surface area contributed by atoms with Gasteiger partial charge in [0.2, 0.25) is 0 Å². The highest BCUT2D eigenvalue weighted by Crippen LogP contribution is 2.24. The van der Waals surface area contributed by atoms with Gasteiger partial charge in [-0.25, -0.2) is 0 Å². The third-order valence-electron chi connectivity index (χ3n) is 2.94. The molecule has 0 fully saturated rings. The van der Waals surface area contributed by atoms with Crippen LogP contribution < -0.4 is 14.8 Å². The van der Waals surface area contributed by atoms with Gasteiger partial charge in [-0.1, -0.05) is 0 Å². The summed E-state index contributed by atoms with van der Waals surface area (Å²) in [7, 11) is 5.02. The lowest BCUT2D eigenvalue weighted by molar-refractivity contribution is 0.0712. The molecular weight excluding hydrogens is 258 g/mol. The maximum absolute atomic E-state index is 5.79. The number of methoxy groups -OCH3 is 3. The van der Waals surface area contributed by atoms with E-state index in [1.54, 1.807) is 21.3 Å². The highest BCUT2D eigenvalue weighted by Gasteiger charge is 2.08. The first-order chi connectivity index (χ1) is 9.71. The third kappa shape index (κ3) is 5.77. The topological polar surface area (TPSA) is 49.0 Å². The first-order valence-electron chi connectivity index (χ1n) is 6.73. The van der Waals surface area contributed by atoms with Crippen molar-refractivity contribution in [3.8, 4) is 11.5 Å². The zero-order chi connectivity index (χ0) is 14.8. The van der Waals surface area contributed by atoms with Gasteiger partial charge in [0.25, 0.3) is 0 Å². The van der Waals surface area contributed by atoms with Crippen LogP contribution in [0.15, 0.2) is 18.2 Å². The molecule has 1 aromatic carbocycles. The van der Waals surface area contributed by atoms with Gasteiger partial charge in [-0.05, 0) is 25.1 Å². The number of benzene rings is 1. The van der Waals surface area contributed by atoms with Crippen LogP contribution in [0.4, 0.5) is 0 Å². The van der Waals surface area contributed by atoms with E-state index in [1.165, 1.54) is 0 Å². The average Bonchev–Trinajstić information content (AvgIpc) is 2.49. The molecule has 1 N–H and O–H groups in total. The molecule has 0 aromatic heterocycles. The summed E-state index contributed by atoms with van der Waals surface area (Å²) in [6, 6.07) is 5.80. The third-order valence-corrected chi connectivity index (χ3v) is 2.94. The minimum absolute atomic E-state index is 0.0615. The van der Waals surface area contributed by atoms with E-state index in [4.69, 9.17) is 18.9 Å². The van der Waals surface area contributed by atoms with Crippen LogP contribution in [0, 0.1) is 0 Å². The molecule has 114 valence electrons. The lowest BCUT2D eigenvalue weighted by Gasteiger charge is -2.16. The molecule has 1 rings (SSSR count).